The van der Waals surface area contributed by atoms with E-state index >= 15 is 0 Å². The lowest BCUT2D eigenvalue weighted by atomic mass is 10.1. The first-order chi connectivity index (χ1) is 8.78. The molecule has 1 rings (SSSR count). The zero-order chi connectivity index (χ0) is 14.6. The molecule has 5 nitrogen and oxygen atoms in total. The van der Waals surface area contributed by atoms with Crippen molar-refractivity contribution in [2.24, 2.45) is 0 Å². The Bertz CT molecular complexity index is 588. The highest BCUT2D eigenvalue weighted by molar-refractivity contribution is 7.86. The van der Waals surface area contributed by atoms with Crippen LogP contribution in [0.2, 0.25) is 0 Å². The molecule has 6 heteroatoms. The number of rotatable bonds is 5. The van der Waals surface area contributed by atoms with Gasteiger partial charge in [-0.15, -0.1) is 0 Å². The Labute approximate surface area is 115 Å². The van der Waals surface area contributed by atoms with Crippen molar-refractivity contribution < 1.29 is 8.42 Å². The highest BCUT2D eigenvalue weighted by atomic mass is 32.2. The van der Waals surface area contributed by atoms with Gasteiger partial charge in [-0.3, -0.25) is 0 Å². The van der Waals surface area contributed by atoms with Crippen molar-refractivity contribution in [1.82, 2.24) is 8.61 Å². The van der Waals surface area contributed by atoms with Crippen molar-refractivity contribution in [1.29, 1.82) is 5.26 Å². The smallest absolute Gasteiger partial charge is 0.197 e. The molecular weight excluding hydrogens is 262 g/mol. The Morgan fingerprint density at radius 1 is 1.26 bits per heavy atom. The van der Waals surface area contributed by atoms with E-state index in [1.807, 2.05) is 38.1 Å². The van der Waals surface area contributed by atoms with Gasteiger partial charge < -0.3 is 0 Å². The fourth-order valence-corrected chi connectivity index (χ4v) is 2.67. The molecule has 0 unspecified atom stereocenters. The number of benzene rings is 1. The summed E-state index contributed by atoms with van der Waals surface area (Å²) in [5, 5.41) is 8.81. The first-order valence-corrected chi connectivity index (χ1v) is 7.29. The van der Waals surface area contributed by atoms with Crippen LogP contribution >= 0.6 is 0 Å². The fourth-order valence-electron chi connectivity index (χ4n) is 1.69. The minimum atomic E-state index is -3.58. The average molecular weight is 281 g/mol. The van der Waals surface area contributed by atoms with Crippen LogP contribution in [0.4, 0.5) is 0 Å². The monoisotopic (exact) mass is 281 g/mol. The SMILES string of the molecule is Cc1ccc(C)c(CN(CC#N)S(=O)(=O)N(C)C)c1. The normalized spacial score (nSPS) is 11.8. The van der Waals surface area contributed by atoms with Crippen molar-refractivity contribution >= 4 is 10.2 Å². The van der Waals surface area contributed by atoms with E-state index in [-0.39, 0.29) is 13.1 Å². The predicted molar refractivity (Wildman–Crippen MR) is 74.5 cm³/mol. The summed E-state index contributed by atoms with van der Waals surface area (Å²) < 4.78 is 26.5. The van der Waals surface area contributed by atoms with Crippen LogP contribution in [-0.2, 0) is 16.8 Å². The van der Waals surface area contributed by atoms with E-state index in [4.69, 9.17) is 5.26 Å². The lowest BCUT2D eigenvalue weighted by Crippen LogP contribution is -2.39. The summed E-state index contributed by atoms with van der Waals surface area (Å²) in [4.78, 5) is 0. The molecule has 0 bridgehead atoms. The summed E-state index contributed by atoms with van der Waals surface area (Å²) in [5.74, 6) is 0. The second-order valence-corrected chi connectivity index (χ2v) is 6.79. The van der Waals surface area contributed by atoms with Gasteiger partial charge in [-0.1, -0.05) is 23.8 Å². The highest BCUT2D eigenvalue weighted by Crippen LogP contribution is 2.16. The van der Waals surface area contributed by atoms with Crippen LogP contribution in [0, 0.1) is 25.2 Å². The van der Waals surface area contributed by atoms with E-state index in [1.54, 1.807) is 0 Å². The van der Waals surface area contributed by atoms with Gasteiger partial charge in [0.25, 0.3) is 10.2 Å². The average Bonchev–Trinajstić information content (AvgIpc) is 2.32. The molecule has 0 amide bonds. The van der Waals surface area contributed by atoms with E-state index in [9.17, 15) is 8.42 Å². The van der Waals surface area contributed by atoms with E-state index in [0.29, 0.717) is 0 Å². The Kier molecular flexibility index (Phi) is 5.06. The van der Waals surface area contributed by atoms with Crippen LogP contribution in [0.3, 0.4) is 0 Å². The maximum Gasteiger partial charge on any atom is 0.282 e. The maximum absolute atomic E-state index is 12.1. The molecule has 0 aliphatic carbocycles. The zero-order valence-corrected chi connectivity index (χ0v) is 12.5. The number of nitrogens with zero attached hydrogens (tertiary/aromatic N) is 3. The number of hydrogen-bond donors (Lipinski definition) is 0. The van der Waals surface area contributed by atoms with E-state index in [2.05, 4.69) is 0 Å². The summed E-state index contributed by atoms with van der Waals surface area (Å²) in [5.41, 5.74) is 3.00. The number of aryl methyl sites for hydroxylation is 2. The number of nitriles is 1. The summed E-state index contributed by atoms with van der Waals surface area (Å²) in [6.07, 6.45) is 0. The highest BCUT2D eigenvalue weighted by Gasteiger charge is 2.24. The molecule has 1 aromatic carbocycles. The summed E-state index contributed by atoms with van der Waals surface area (Å²) in [6.45, 7) is 3.94. The molecule has 0 spiro atoms. The van der Waals surface area contributed by atoms with Crippen LogP contribution in [0.5, 0.6) is 0 Å². The third-order valence-electron chi connectivity index (χ3n) is 2.89. The Morgan fingerprint density at radius 2 is 1.89 bits per heavy atom. The van der Waals surface area contributed by atoms with Gasteiger partial charge in [-0.2, -0.15) is 22.3 Å². The molecule has 0 N–H and O–H groups in total. The Morgan fingerprint density at radius 3 is 2.42 bits per heavy atom. The standard InChI is InChI=1S/C13H19N3O2S/c1-11-5-6-12(2)13(9-11)10-16(8-7-14)19(17,18)15(3)4/h5-6,9H,8,10H2,1-4H3. The Balaban J connectivity index is 3.10. The second-order valence-electron chi connectivity index (χ2n) is 4.65. The molecule has 19 heavy (non-hydrogen) atoms. The summed E-state index contributed by atoms with van der Waals surface area (Å²) in [6, 6.07) is 7.79. The molecule has 0 radical (unpaired) electrons. The van der Waals surface area contributed by atoms with Crippen molar-refractivity contribution in [2.75, 3.05) is 20.6 Å². The van der Waals surface area contributed by atoms with Crippen molar-refractivity contribution in [3.8, 4) is 6.07 Å². The molecule has 0 aliphatic rings. The molecule has 0 fully saturated rings. The van der Waals surface area contributed by atoms with Crippen molar-refractivity contribution in [2.45, 2.75) is 20.4 Å². The van der Waals surface area contributed by atoms with Crippen molar-refractivity contribution in [3.63, 3.8) is 0 Å². The first-order valence-electron chi connectivity index (χ1n) is 5.89. The molecule has 0 atom stereocenters. The molecule has 0 saturated carbocycles. The molecule has 0 heterocycles. The van der Waals surface area contributed by atoms with Gasteiger partial charge in [-0.25, -0.2) is 0 Å². The topological polar surface area (TPSA) is 64.4 Å². The molecule has 104 valence electrons. The van der Waals surface area contributed by atoms with Gasteiger partial charge in [0.05, 0.1) is 6.07 Å². The van der Waals surface area contributed by atoms with Crippen LogP contribution in [0.1, 0.15) is 16.7 Å². The predicted octanol–water partition coefficient (Wildman–Crippen LogP) is 1.44. The molecule has 0 aromatic heterocycles. The fraction of sp³-hybridized carbons (Fsp3) is 0.462. The number of hydrogen-bond acceptors (Lipinski definition) is 3. The van der Waals surface area contributed by atoms with E-state index in [0.717, 1.165) is 21.0 Å². The van der Waals surface area contributed by atoms with Gasteiger partial charge >= 0.3 is 0 Å². The lowest BCUT2D eigenvalue weighted by molar-refractivity contribution is 0.395. The minimum Gasteiger partial charge on any atom is -0.197 e. The van der Waals surface area contributed by atoms with E-state index in [1.165, 1.54) is 18.4 Å². The van der Waals surface area contributed by atoms with E-state index < -0.39 is 10.2 Å². The molecule has 1 aromatic rings. The van der Waals surface area contributed by atoms with Gasteiger partial charge in [0.15, 0.2) is 0 Å². The van der Waals surface area contributed by atoms with Crippen molar-refractivity contribution in [3.05, 3.63) is 34.9 Å². The largest absolute Gasteiger partial charge is 0.282 e. The third-order valence-corrected chi connectivity index (χ3v) is 4.72. The van der Waals surface area contributed by atoms with Crippen LogP contribution in [-0.4, -0.2) is 37.7 Å². The summed E-state index contributed by atoms with van der Waals surface area (Å²) >= 11 is 0. The lowest BCUT2D eigenvalue weighted by Gasteiger charge is -2.24. The quantitative estimate of drug-likeness (QED) is 0.767. The van der Waals surface area contributed by atoms with Gasteiger partial charge in [-0.05, 0) is 25.0 Å². The third kappa shape index (κ3) is 3.77. The second kappa shape index (κ2) is 6.15. The van der Waals surface area contributed by atoms with Gasteiger partial charge in [0, 0.05) is 20.6 Å². The zero-order valence-electron chi connectivity index (χ0n) is 11.7. The van der Waals surface area contributed by atoms with Crippen LogP contribution in [0.15, 0.2) is 18.2 Å². The molecule has 0 aliphatic heterocycles. The maximum atomic E-state index is 12.1. The minimum absolute atomic E-state index is 0.159. The molecule has 0 saturated heterocycles. The van der Waals surface area contributed by atoms with Crippen LogP contribution < -0.4 is 0 Å². The summed E-state index contributed by atoms with van der Waals surface area (Å²) in [7, 11) is -0.663. The first kappa shape index (κ1) is 15.6. The van der Waals surface area contributed by atoms with Crippen LogP contribution in [0.25, 0.3) is 0 Å². The van der Waals surface area contributed by atoms with Gasteiger partial charge in [0.1, 0.15) is 6.54 Å². The van der Waals surface area contributed by atoms with Gasteiger partial charge in [0.2, 0.25) is 0 Å². The molecular formula is C13H19N3O2S. The Hall–Kier alpha value is -1.42.